The normalized spacial score (nSPS) is 19.6. The first-order chi connectivity index (χ1) is 6.66. The van der Waals surface area contributed by atoms with Crippen molar-refractivity contribution in [3.05, 3.63) is 0 Å². The van der Waals surface area contributed by atoms with E-state index in [1.54, 1.807) is 0 Å². The Morgan fingerprint density at radius 1 is 1.43 bits per heavy atom. The molecule has 0 spiro atoms. The van der Waals surface area contributed by atoms with Gasteiger partial charge in [-0.3, -0.25) is 4.79 Å². The van der Waals surface area contributed by atoms with E-state index in [2.05, 4.69) is 12.2 Å². The minimum absolute atomic E-state index is 0.156. The van der Waals surface area contributed by atoms with Crippen LogP contribution in [0.4, 0.5) is 0 Å². The average molecular weight is 198 g/mol. The van der Waals surface area contributed by atoms with Crippen molar-refractivity contribution in [3.8, 4) is 0 Å². The lowest BCUT2D eigenvalue weighted by atomic mass is 9.89. The van der Waals surface area contributed by atoms with Crippen LogP contribution in [0.15, 0.2) is 0 Å². The first kappa shape index (κ1) is 11.5. The lowest BCUT2D eigenvalue weighted by Gasteiger charge is -2.23. The van der Waals surface area contributed by atoms with Gasteiger partial charge < -0.3 is 11.1 Å². The van der Waals surface area contributed by atoms with Gasteiger partial charge in [0.15, 0.2) is 0 Å². The molecule has 0 heterocycles. The smallest absolute Gasteiger partial charge is 0.220 e. The summed E-state index contributed by atoms with van der Waals surface area (Å²) >= 11 is 0. The fourth-order valence-corrected chi connectivity index (χ4v) is 2.07. The van der Waals surface area contributed by atoms with Crippen molar-refractivity contribution >= 4 is 5.91 Å². The second-order valence-corrected chi connectivity index (χ2v) is 4.69. The van der Waals surface area contributed by atoms with E-state index in [0.29, 0.717) is 18.4 Å². The molecule has 0 bridgehead atoms. The Morgan fingerprint density at radius 3 is 2.64 bits per heavy atom. The van der Waals surface area contributed by atoms with E-state index in [1.165, 1.54) is 25.7 Å². The Kier molecular flexibility index (Phi) is 4.39. The summed E-state index contributed by atoms with van der Waals surface area (Å²) in [6.07, 6.45) is 6.51. The van der Waals surface area contributed by atoms with Gasteiger partial charge in [-0.15, -0.1) is 0 Å². The van der Waals surface area contributed by atoms with E-state index < -0.39 is 0 Å². The zero-order chi connectivity index (χ0) is 10.4. The molecule has 0 unspecified atom stereocenters. The standard InChI is InChI=1S/C11H22N2O/c1-11(6-2-3-7-11)9-13-10(14)5-4-8-12/h2-9,12H2,1H3,(H,13,14). The largest absolute Gasteiger partial charge is 0.356 e. The summed E-state index contributed by atoms with van der Waals surface area (Å²) in [5, 5.41) is 3.01. The highest BCUT2D eigenvalue weighted by Gasteiger charge is 2.28. The van der Waals surface area contributed by atoms with Gasteiger partial charge in [0.25, 0.3) is 0 Å². The molecule has 3 nitrogen and oxygen atoms in total. The third kappa shape index (κ3) is 3.66. The van der Waals surface area contributed by atoms with Crippen molar-refractivity contribution in [1.29, 1.82) is 0 Å². The van der Waals surface area contributed by atoms with Crippen molar-refractivity contribution in [2.45, 2.75) is 45.4 Å². The van der Waals surface area contributed by atoms with Crippen LogP contribution in [0, 0.1) is 5.41 Å². The summed E-state index contributed by atoms with van der Waals surface area (Å²) in [6, 6.07) is 0. The van der Waals surface area contributed by atoms with Gasteiger partial charge in [0.1, 0.15) is 0 Å². The molecule has 3 N–H and O–H groups in total. The molecule has 82 valence electrons. The Balaban J connectivity index is 2.15. The number of rotatable bonds is 5. The Morgan fingerprint density at radius 2 is 2.07 bits per heavy atom. The summed E-state index contributed by atoms with van der Waals surface area (Å²) in [5.74, 6) is 0.156. The fourth-order valence-electron chi connectivity index (χ4n) is 2.07. The van der Waals surface area contributed by atoms with Gasteiger partial charge in [0, 0.05) is 13.0 Å². The number of nitrogens with two attached hydrogens (primary N) is 1. The Hall–Kier alpha value is -0.570. The first-order valence-corrected chi connectivity index (χ1v) is 5.63. The van der Waals surface area contributed by atoms with Crippen LogP contribution < -0.4 is 11.1 Å². The minimum atomic E-state index is 0.156. The molecule has 1 amide bonds. The molecule has 0 aromatic carbocycles. The molecule has 1 rings (SSSR count). The van der Waals surface area contributed by atoms with Crippen LogP contribution in [-0.2, 0) is 4.79 Å². The SMILES string of the molecule is CC1(CNC(=O)CCCN)CCCC1. The highest BCUT2D eigenvalue weighted by atomic mass is 16.1. The van der Waals surface area contributed by atoms with E-state index in [4.69, 9.17) is 5.73 Å². The number of hydrogen-bond acceptors (Lipinski definition) is 2. The third-order valence-corrected chi connectivity index (χ3v) is 3.13. The third-order valence-electron chi connectivity index (χ3n) is 3.13. The van der Waals surface area contributed by atoms with Gasteiger partial charge in [0.05, 0.1) is 0 Å². The average Bonchev–Trinajstić information content (AvgIpc) is 2.60. The van der Waals surface area contributed by atoms with Crippen molar-refractivity contribution < 1.29 is 4.79 Å². The van der Waals surface area contributed by atoms with Crippen molar-refractivity contribution in [2.24, 2.45) is 11.1 Å². The molecule has 0 radical (unpaired) electrons. The molecule has 0 aromatic rings. The zero-order valence-electron chi connectivity index (χ0n) is 9.14. The quantitative estimate of drug-likeness (QED) is 0.702. The molecule has 3 heteroatoms. The lowest BCUT2D eigenvalue weighted by Crippen LogP contribution is -2.34. The van der Waals surface area contributed by atoms with Crippen molar-refractivity contribution in [3.63, 3.8) is 0 Å². The van der Waals surface area contributed by atoms with E-state index in [9.17, 15) is 4.79 Å². The number of carbonyl (C=O) groups is 1. The molecule has 14 heavy (non-hydrogen) atoms. The van der Waals surface area contributed by atoms with Gasteiger partial charge in [-0.2, -0.15) is 0 Å². The first-order valence-electron chi connectivity index (χ1n) is 5.63. The number of nitrogens with one attached hydrogen (secondary N) is 1. The lowest BCUT2D eigenvalue weighted by molar-refractivity contribution is -0.121. The molecule has 0 aliphatic heterocycles. The summed E-state index contributed by atoms with van der Waals surface area (Å²) in [7, 11) is 0. The molecular weight excluding hydrogens is 176 g/mol. The van der Waals surface area contributed by atoms with Crippen LogP contribution >= 0.6 is 0 Å². The van der Waals surface area contributed by atoms with Crippen LogP contribution in [0.2, 0.25) is 0 Å². The van der Waals surface area contributed by atoms with Gasteiger partial charge in [-0.05, 0) is 31.2 Å². The maximum Gasteiger partial charge on any atom is 0.220 e. The molecule has 1 fully saturated rings. The minimum Gasteiger partial charge on any atom is -0.356 e. The zero-order valence-corrected chi connectivity index (χ0v) is 9.14. The van der Waals surface area contributed by atoms with Crippen molar-refractivity contribution in [1.82, 2.24) is 5.32 Å². The predicted octanol–water partition coefficient (Wildman–Crippen LogP) is 1.42. The molecule has 0 saturated heterocycles. The van der Waals surface area contributed by atoms with Crippen LogP contribution in [0.1, 0.15) is 45.4 Å². The Labute approximate surface area is 86.4 Å². The van der Waals surface area contributed by atoms with Crippen LogP contribution in [-0.4, -0.2) is 19.0 Å². The van der Waals surface area contributed by atoms with Gasteiger partial charge in [-0.25, -0.2) is 0 Å². The summed E-state index contributed by atoms with van der Waals surface area (Å²) < 4.78 is 0. The monoisotopic (exact) mass is 198 g/mol. The molecular formula is C11H22N2O. The van der Waals surface area contributed by atoms with Gasteiger partial charge in [0.2, 0.25) is 5.91 Å². The Bertz CT molecular complexity index is 186. The van der Waals surface area contributed by atoms with Crippen molar-refractivity contribution in [2.75, 3.05) is 13.1 Å². The van der Waals surface area contributed by atoms with Gasteiger partial charge in [-0.1, -0.05) is 19.8 Å². The predicted molar refractivity (Wildman–Crippen MR) is 57.9 cm³/mol. The second kappa shape index (κ2) is 5.35. The molecule has 1 saturated carbocycles. The van der Waals surface area contributed by atoms with Crippen LogP contribution in [0.25, 0.3) is 0 Å². The second-order valence-electron chi connectivity index (χ2n) is 4.69. The van der Waals surface area contributed by atoms with E-state index in [1.807, 2.05) is 0 Å². The van der Waals surface area contributed by atoms with E-state index in [-0.39, 0.29) is 5.91 Å². The van der Waals surface area contributed by atoms with Crippen LogP contribution in [0.3, 0.4) is 0 Å². The van der Waals surface area contributed by atoms with Crippen LogP contribution in [0.5, 0.6) is 0 Å². The highest BCUT2D eigenvalue weighted by Crippen LogP contribution is 2.36. The fraction of sp³-hybridized carbons (Fsp3) is 0.909. The number of carbonyl (C=O) groups excluding carboxylic acids is 1. The molecule has 1 aliphatic carbocycles. The molecule has 1 aliphatic rings. The summed E-state index contributed by atoms with van der Waals surface area (Å²) in [6.45, 7) is 3.71. The topological polar surface area (TPSA) is 55.1 Å². The van der Waals surface area contributed by atoms with E-state index in [0.717, 1.165) is 13.0 Å². The maximum atomic E-state index is 11.3. The molecule has 0 atom stereocenters. The molecule has 0 aromatic heterocycles. The highest BCUT2D eigenvalue weighted by molar-refractivity contribution is 5.75. The maximum absolute atomic E-state index is 11.3. The summed E-state index contributed by atoms with van der Waals surface area (Å²) in [5.41, 5.74) is 5.70. The number of hydrogen-bond donors (Lipinski definition) is 2. The number of amides is 1. The van der Waals surface area contributed by atoms with Gasteiger partial charge >= 0.3 is 0 Å². The van der Waals surface area contributed by atoms with E-state index >= 15 is 0 Å². The summed E-state index contributed by atoms with van der Waals surface area (Å²) in [4.78, 5) is 11.3.